The third-order valence-corrected chi connectivity index (χ3v) is 5.82. The lowest BCUT2D eigenvalue weighted by Crippen LogP contribution is -2.29. The maximum absolute atomic E-state index is 13.3. The average molecular weight is 473 g/mol. The van der Waals surface area contributed by atoms with E-state index in [4.69, 9.17) is 9.47 Å². The molecule has 0 spiro atoms. The third kappa shape index (κ3) is 4.89. The summed E-state index contributed by atoms with van der Waals surface area (Å²) in [6.45, 7) is 6.68. The number of benzene rings is 2. The van der Waals surface area contributed by atoms with Gasteiger partial charge in [-0.05, 0) is 56.2 Å². The van der Waals surface area contributed by atoms with Gasteiger partial charge in [0.05, 0.1) is 30.4 Å². The second-order valence-electron chi connectivity index (χ2n) is 8.22. The van der Waals surface area contributed by atoms with Gasteiger partial charge in [0.15, 0.2) is 0 Å². The number of Topliss-reactive ketones (excluding diaryl/α,β-unsaturated/α-hetero) is 1. The minimum atomic E-state index is -0.760. The molecule has 7 nitrogen and oxygen atoms in total. The summed E-state index contributed by atoms with van der Waals surface area (Å²) in [6.07, 6.45) is 3.28. The Morgan fingerprint density at radius 3 is 2.43 bits per heavy atom. The standard InChI is InChI=1S/C28H28N2O5/c1-4-34-21-9-10-22(23(16-21)35-5-2)26(31)24-25(20-8-6-7-18(3)15-20)30(28(33)27(24)32)17-19-11-13-29-14-12-19/h6-16,25,31H,4-5,17H2,1-3H3/b26-24-. The van der Waals surface area contributed by atoms with Crippen LogP contribution in [0.5, 0.6) is 11.5 Å². The highest BCUT2D eigenvalue weighted by Crippen LogP contribution is 2.42. The van der Waals surface area contributed by atoms with Crippen molar-refractivity contribution in [2.24, 2.45) is 0 Å². The van der Waals surface area contributed by atoms with E-state index in [-0.39, 0.29) is 17.9 Å². The molecule has 1 aliphatic heterocycles. The topological polar surface area (TPSA) is 89.0 Å². The SMILES string of the molecule is CCOc1ccc(/C(O)=C2/C(=O)C(=O)N(Cc3ccncc3)C2c2cccc(C)c2)c(OCC)c1. The van der Waals surface area contributed by atoms with Gasteiger partial charge in [-0.1, -0.05) is 29.8 Å². The molecule has 4 rings (SSSR count). The smallest absolute Gasteiger partial charge is 0.295 e. The second kappa shape index (κ2) is 10.4. The Balaban J connectivity index is 1.88. The van der Waals surface area contributed by atoms with Gasteiger partial charge in [0, 0.05) is 25.0 Å². The number of ketones is 1. The molecule has 0 bridgehead atoms. The number of hydrogen-bond acceptors (Lipinski definition) is 6. The lowest BCUT2D eigenvalue weighted by atomic mass is 9.94. The summed E-state index contributed by atoms with van der Waals surface area (Å²) in [6, 6.07) is 15.5. The van der Waals surface area contributed by atoms with Gasteiger partial charge in [-0.2, -0.15) is 0 Å². The first-order chi connectivity index (χ1) is 16.9. The highest BCUT2D eigenvalue weighted by atomic mass is 16.5. The molecule has 1 amide bonds. The summed E-state index contributed by atoms with van der Waals surface area (Å²) in [4.78, 5) is 32.1. The van der Waals surface area contributed by atoms with Crippen LogP contribution in [0.1, 0.15) is 42.1 Å². The molecule has 1 atom stereocenters. The van der Waals surface area contributed by atoms with Crippen LogP contribution in [-0.4, -0.2) is 39.9 Å². The molecule has 1 aliphatic rings. The maximum Gasteiger partial charge on any atom is 0.295 e. The van der Waals surface area contributed by atoms with Gasteiger partial charge >= 0.3 is 0 Å². The van der Waals surface area contributed by atoms with Crippen LogP contribution in [0.15, 0.2) is 72.6 Å². The molecule has 7 heteroatoms. The van der Waals surface area contributed by atoms with E-state index in [9.17, 15) is 14.7 Å². The van der Waals surface area contributed by atoms with Crippen LogP contribution in [0.3, 0.4) is 0 Å². The molecule has 1 unspecified atom stereocenters. The Kier molecular flexibility index (Phi) is 7.15. The molecule has 1 N–H and O–H groups in total. The van der Waals surface area contributed by atoms with Crippen molar-refractivity contribution in [3.8, 4) is 11.5 Å². The summed E-state index contributed by atoms with van der Waals surface area (Å²) in [5.41, 5.74) is 2.90. The zero-order valence-corrected chi connectivity index (χ0v) is 20.0. The molecule has 180 valence electrons. The van der Waals surface area contributed by atoms with Gasteiger partial charge in [0.25, 0.3) is 11.7 Å². The van der Waals surface area contributed by atoms with Crippen LogP contribution >= 0.6 is 0 Å². The van der Waals surface area contributed by atoms with E-state index in [1.165, 1.54) is 4.90 Å². The van der Waals surface area contributed by atoms with Crippen molar-refractivity contribution >= 4 is 17.4 Å². The minimum absolute atomic E-state index is 0.0276. The average Bonchev–Trinajstić information content (AvgIpc) is 3.10. The van der Waals surface area contributed by atoms with Crippen LogP contribution in [0.25, 0.3) is 5.76 Å². The Hall–Kier alpha value is -4.13. The number of hydrogen-bond donors (Lipinski definition) is 1. The first kappa shape index (κ1) is 24.0. The molecule has 35 heavy (non-hydrogen) atoms. The van der Waals surface area contributed by atoms with E-state index in [1.54, 1.807) is 42.7 Å². The molecule has 0 aliphatic carbocycles. The number of amides is 1. The van der Waals surface area contributed by atoms with E-state index in [1.807, 2.05) is 45.0 Å². The van der Waals surface area contributed by atoms with Crippen molar-refractivity contribution < 1.29 is 24.2 Å². The largest absolute Gasteiger partial charge is 0.507 e. The monoisotopic (exact) mass is 472 g/mol. The van der Waals surface area contributed by atoms with Crippen LogP contribution in [0, 0.1) is 6.92 Å². The van der Waals surface area contributed by atoms with Crippen LogP contribution in [-0.2, 0) is 16.1 Å². The predicted molar refractivity (Wildman–Crippen MR) is 132 cm³/mol. The lowest BCUT2D eigenvalue weighted by molar-refractivity contribution is -0.140. The summed E-state index contributed by atoms with van der Waals surface area (Å²) in [5, 5.41) is 11.5. The molecule has 2 heterocycles. The fourth-order valence-electron chi connectivity index (χ4n) is 4.29. The molecule has 0 saturated carbocycles. The van der Waals surface area contributed by atoms with Crippen molar-refractivity contribution in [2.75, 3.05) is 13.2 Å². The number of aliphatic hydroxyl groups excluding tert-OH is 1. The summed E-state index contributed by atoms with van der Waals surface area (Å²) >= 11 is 0. The Morgan fingerprint density at radius 1 is 1.00 bits per heavy atom. The number of pyridine rings is 1. The van der Waals surface area contributed by atoms with Crippen molar-refractivity contribution in [3.63, 3.8) is 0 Å². The van der Waals surface area contributed by atoms with Gasteiger partial charge in [-0.25, -0.2) is 0 Å². The normalized spacial score (nSPS) is 17.0. The van der Waals surface area contributed by atoms with Crippen LogP contribution < -0.4 is 9.47 Å². The van der Waals surface area contributed by atoms with Crippen molar-refractivity contribution in [1.29, 1.82) is 0 Å². The highest BCUT2D eigenvalue weighted by Gasteiger charge is 2.46. The predicted octanol–water partition coefficient (Wildman–Crippen LogP) is 4.81. The molecule has 2 aromatic carbocycles. The number of aromatic nitrogens is 1. The number of nitrogens with zero attached hydrogens (tertiary/aromatic N) is 2. The van der Waals surface area contributed by atoms with E-state index in [2.05, 4.69) is 4.98 Å². The van der Waals surface area contributed by atoms with Crippen molar-refractivity contribution in [1.82, 2.24) is 9.88 Å². The Bertz CT molecular complexity index is 1270. The number of ether oxygens (including phenoxy) is 2. The minimum Gasteiger partial charge on any atom is -0.507 e. The van der Waals surface area contributed by atoms with Gasteiger partial charge in [0.2, 0.25) is 0 Å². The summed E-state index contributed by atoms with van der Waals surface area (Å²) < 4.78 is 11.3. The molecule has 1 fully saturated rings. The zero-order valence-electron chi connectivity index (χ0n) is 20.0. The van der Waals surface area contributed by atoms with Gasteiger partial charge in [0.1, 0.15) is 17.3 Å². The van der Waals surface area contributed by atoms with E-state index < -0.39 is 17.7 Å². The zero-order chi connectivity index (χ0) is 24.9. The fraction of sp³-hybridized carbons (Fsp3) is 0.250. The number of carbonyl (C=O) groups is 2. The van der Waals surface area contributed by atoms with Gasteiger partial charge < -0.3 is 19.5 Å². The molecule has 1 aromatic heterocycles. The Morgan fingerprint density at radius 2 is 1.74 bits per heavy atom. The molecular formula is C28H28N2O5. The van der Waals surface area contributed by atoms with Crippen LogP contribution in [0.4, 0.5) is 0 Å². The van der Waals surface area contributed by atoms with Gasteiger partial charge in [-0.3, -0.25) is 14.6 Å². The Labute approximate surface area is 204 Å². The van der Waals surface area contributed by atoms with E-state index in [0.29, 0.717) is 30.3 Å². The number of aryl methyl sites for hydroxylation is 1. The lowest BCUT2D eigenvalue weighted by Gasteiger charge is -2.26. The fourth-order valence-corrected chi connectivity index (χ4v) is 4.29. The molecule has 0 radical (unpaired) electrons. The number of aliphatic hydroxyl groups is 1. The first-order valence-corrected chi connectivity index (χ1v) is 11.6. The quantitative estimate of drug-likeness (QED) is 0.288. The second-order valence-corrected chi connectivity index (χ2v) is 8.22. The highest BCUT2D eigenvalue weighted by molar-refractivity contribution is 6.46. The maximum atomic E-state index is 13.3. The van der Waals surface area contributed by atoms with E-state index in [0.717, 1.165) is 16.7 Å². The first-order valence-electron chi connectivity index (χ1n) is 11.6. The summed E-state index contributed by atoms with van der Waals surface area (Å²) in [7, 11) is 0. The molecule has 3 aromatic rings. The van der Waals surface area contributed by atoms with Crippen molar-refractivity contribution in [3.05, 3.63) is 94.8 Å². The van der Waals surface area contributed by atoms with E-state index >= 15 is 0 Å². The van der Waals surface area contributed by atoms with Crippen molar-refractivity contribution in [2.45, 2.75) is 33.4 Å². The molecule has 1 saturated heterocycles. The van der Waals surface area contributed by atoms with Crippen LogP contribution in [0.2, 0.25) is 0 Å². The molecular weight excluding hydrogens is 444 g/mol. The number of rotatable bonds is 8. The number of carbonyl (C=O) groups excluding carboxylic acids is 2. The van der Waals surface area contributed by atoms with Gasteiger partial charge in [-0.15, -0.1) is 0 Å². The third-order valence-electron chi connectivity index (χ3n) is 5.82. The number of likely N-dealkylation sites (tertiary alicyclic amines) is 1. The summed E-state index contributed by atoms with van der Waals surface area (Å²) in [5.74, 6) is -0.725.